The van der Waals surface area contributed by atoms with Crippen molar-refractivity contribution in [3.8, 4) is 0 Å². The molecule has 2 heteroatoms. The van der Waals surface area contributed by atoms with E-state index in [4.69, 9.17) is 0 Å². The van der Waals surface area contributed by atoms with Gasteiger partial charge in [0.1, 0.15) is 0 Å². The number of nitrogens with one attached hydrogen (secondary N) is 2. The molecular weight excluding hydrogens is 136 g/mol. The van der Waals surface area contributed by atoms with Crippen LogP contribution in [0, 0.1) is 17.8 Å². The lowest BCUT2D eigenvalue weighted by Crippen LogP contribution is -2.70. The van der Waals surface area contributed by atoms with Crippen molar-refractivity contribution in [2.45, 2.75) is 25.4 Å². The Hall–Kier alpha value is -0.0800. The van der Waals surface area contributed by atoms with Crippen molar-refractivity contribution in [3.63, 3.8) is 0 Å². The topological polar surface area (TPSA) is 24.1 Å². The third kappa shape index (κ3) is 0.798. The first kappa shape index (κ1) is 7.56. The van der Waals surface area contributed by atoms with E-state index in [0.29, 0.717) is 0 Å². The van der Waals surface area contributed by atoms with Crippen molar-refractivity contribution in [1.82, 2.24) is 10.6 Å². The van der Waals surface area contributed by atoms with Gasteiger partial charge in [-0.1, -0.05) is 6.92 Å². The highest BCUT2D eigenvalue weighted by Crippen LogP contribution is 2.53. The number of hydrogen-bond donors (Lipinski definition) is 2. The fourth-order valence-corrected chi connectivity index (χ4v) is 3.12. The van der Waals surface area contributed by atoms with E-state index in [1.807, 2.05) is 0 Å². The molecule has 0 radical (unpaired) electrons. The fraction of sp³-hybridized carbons (Fsp3) is 1.00. The first-order chi connectivity index (χ1) is 5.29. The van der Waals surface area contributed by atoms with Gasteiger partial charge < -0.3 is 10.6 Å². The molecule has 2 rings (SSSR count). The lowest BCUT2D eigenvalue weighted by molar-refractivity contribution is -0.0865. The summed E-state index contributed by atoms with van der Waals surface area (Å²) in [4.78, 5) is 0. The zero-order chi connectivity index (χ0) is 8.01. The van der Waals surface area contributed by atoms with Crippen LogP contribution in [-0.2, 0) is 0 Å². The average molecular weight is 154 g/mol. The molecule has 2 N–H and O–H groups in total. The molecule has 5 atom stereocenters. The van der Waals surface area contributed by atoms with Crippen LogP contribution in [0.5, 0.6) is 0 Å². The second-order valence-electron chi connectivity index (χ2n) is 4.05. The molecule has 0 bridgehead atoms. The molecule has 2 nitrogen and oxygen atoms in total. The molecule has 0 aromatic heterocycles. The number of hydrogen-bond acceptors (Lipinski definition) is 2. The summed E-state index contributed by atoms with van der Waals surface area (Å²) in [5, 5.41) is 6.78. The van der Waals surface area contributed by atoms with E-state index in [1.165, 1.54) is 6.42 Å². The Morgan fingerprint density at radius 2 is 1.91 bits per heavy atom. The molecule has 0 amide bonds. The van der Waals surface area contributed by atoms with E-state index in [9.17, 15) is 0 Å². The Morgan fingerprint density at radius 1 is 1.18 bits per heavy atom. The second kappa shape index (κ2) is 2.46. The van der Waals surface area contributed by atoms with Gasteiger partial charge in [-0.05, 0) is 38.3 Å². The van der Waals surface area contributed by atoms with E-state index in [1.54, 1.807) is 0 Å². The van der Waals surface area contributed by atoms with Crippen LogP contribution in [-0.4, -0.2) is 26.2 Å². The minimum absolute atomic E-state index is 0.810. The van der Waals surface area contributed by atoms with Crippen molar-refractivity contribution in [1.29, 1.82) is 0 Å². The molecule has 2 fully saturated rings. The molecular formula is C9H18N2. The van der Waals surface area contributed by atoms with Crippen molar-refractivity contribution in [2.24, 2.45) is 17.8 Å². The molecule has 64 valence electrons. The number of fused-ring (bicyclic) bond motifs is 1. The highest BCUT2D eigenvalue weighted by molar-refractivity contribution is 5.11. The lowest BCUT2D eigenvalue weighted by Gasteiger charge is -2.62. The first-order valence-corrected chi connectivity index (χ1v) is 4.64. The first-order valence-electron chi connectivity index (χ1n) is 4.64. The molecule has 0 aromatic rings. The highest BCUT2D eigenvalue weighted by Gasteiger charge is 2.57. The van der Waals surface area contributed by atoms with Crippen molar-refractivity contribution < 1.29 is 0 Å². The van der Waals surface area contributed by atoms with Gasteiger partial charge in [-0.2, -0.15) is 0 Å². The Bertz CT molecular complexity index is 152. The van der Waals surface area contributed by atoms with Crippen LogP contribution in [0.1, 0.15) is 13.3 Å². The lowest BCUT2D eigenvalue weighted by atomic mass is 9.48. The summed E-state index contributed by atoms with van der Waals surface area (Å²) in [5.74, 6) is 2.83. The minimum atomic E-state index is 0.810. The summed E-state index contributed by atoms with van der Waals surface area (Å²) in [6, 6.07) is 1.63. The normalized spacial score (nSPS) is 54.3. The van der Waals surface area contributed by atoms with E-state index < -0.39 is 0 Å². The molecule has 0 heterocycles. The zero-order valence-corrected chi connectivity index (χ0v) is 7.59. The summed E-state index contributed by atoms with van der Waals surface area (Å²) in [6.07, 6.45) is 1.39. The molecule has 0 spiro atoms. The fourth-order valence-electron chi connectivity index (χ4n) is 3.12. The summed E-state index contributed by atoms with van der Waals surface area (Å²) in [6.45, 7) is 2.37. The third-order valence-electron chi connectivity index (χ3n) is 3.82. The molecule has 0 aromatic carbocycles. The maximum absolute atomic E-state index is 3.40. The van der Waals surface area contributed by atoms with E-state index in [0.717, 1.165) is 29.8 Å². The van der Waals surface area contributed by atoms with Crippen LogP contribution in [0.3, 0.4) is 0 Å². The monoisotopic (exact) mass is 154 g/mol. The highest BCUT2D eigenvalue weighted by atomic mass is 15.0. The van der Waals surface area contributed by atoms with Crippen LogP contribution in [0.25, 0.3) is 0 Å². The molecule has 2 aliphatic rings. The maximum Gasteiger partial charge on any atom is 0.0125 e. The standard InChI is InChI=1S/C9H18N2/c1-5-8-6(9(5)11-3)4-7(8)10-2/h5-11H,4H2,1-3H3. The molecule has 5 unspecified atom stereocenters. The second-order valence-corrected chi connectivity index (χ2v) is 4.05. The van der Waals surface area contributed by atoms with Gasteiger partial charge in [0.15, 0.2) is 0 Å². The van der Waals surface area contributed by atoms with Crippen LogP contribution >= 0.6 is 0 Å². The van der Waals surface area contributed by atoms with Crippen LogP contribution < -0.4 is 10.6 Å². The summed E-state index contributed by atoms with van der Waals surface area (Å²) in [7, 11) is 4.17. The Kier molecular flexibility index (Phi) is 1.69. The minimum Gasteiger partial charge on any atom is -0.317 e. The van der Waals surface area contributed by atoms with Gasteiger partial charge in [-0.3, -0.25) is 0 Å². The predicted octanol–water partition coefficient (Wildman–Crippen LogP) is 0.448. The molecule has 2 aliphatic carbocycles. The van der Waals surface area contributed by atoms with Crippen LogP contribution in [0.4, 0.5) is 0 Å². The van der Waals surface area contributed by atoms with Crippen LogP contribution in [0.2, 0.25) is 0 Å². The molecule has 0 aliphatic heterocycles. The van der Waals surface area contributed by atoms with E-state index in [-0.39, 0.29) is 0 Å². The SMILES string of the molecule is CNC1CC2C(NC)C(C)C12. The largest absolute Gasteiger partial charge is 0.317 e. The van der Waals surface area contributed by atoms with Crippen LogP contribution in [0.15, 0.2) is 0 Å². The smallest absolute Gasteiger partial charge is 0.0125 e. The van der Waals surface area contributed by atoms with Gasteiger partial charge >= 0.3 is 0 Å². The Balaban J connectivity index is 1.92. The Labute approximate surface area is 68.7 Å². The van der Waals surface area contributed by atoms with Gasteiger partial charge in [0.2, 0.25) is 0 Å². The maximum atomic E-state index is 3.40. The van der Waals surface area contributed by atoms with Gasteiger partial charge in [-0.15, -0.1) is 0 Å². The quantitative estimate of drug-likeness (QED) is 0.603. The summed E-state index contributed by atoms with van der Waals surface area (Å²) < 4.78 is 0. The molecule has 2 saturated carbocycles. The van der Waals surface area contributed by atoms with E-state index in [2.05, 4.69) is 31.7 Å². The predicted molar refractivity (Wildman–Crippen MR) is 46.5 cm³/mol. The van der Waals surface area contributed by atoms with Crippen molar-refractivity contribution in [3.05, 3.63) is 0 Å². The molecule has 11 heavy (non-hydrogen) atoms. The van der Waals surface area contributed by atoms with Crippen molar-refractivity contribution in [2.75, 3.05) is 14.1 Å². The summed E-state index contributed by atoms with van der Waals surface area (Å²) in [5.41, 5.74) is 0. The average Bonchev–Trinajstić information content (AvgIpc) is 1.96. The van der Waals surface area contributed by atoms with E-state index >= 15 is 0 Å². The zero-order valence-electron chi connectivity index (χ0n) is 7.59. The van der Waals surface area contributed by atoms with Gasteiger partial charge in [0, 0.05) is 12.1 Å². The number of rotatable bonds is 2. The molecule has 0 saturated heterocycles. The third-order valence-corrected chi connectivity index (χ3v) is 3.82. The summed E-state index contributed by atoms with van der Waals surface area (Å²) >= 11 is 0. The van der Waals surface area contributed by atoms with Gasteiger partial charge in [0.05, 0.1) is 0 Å². The Morgan fingerprint density at radius 3 is 2.36 bits per heavy atom. The van der Waals surface area contributed by atoms with Gasteiger partial charge in [-0.25, -0.2) is 0 Å². The van der Waals surface area contributed by atoms with Gasteiger partial charge in [0.25, 0.3) is 0 Å². The van der Waals surface area contributed by atoms with Crippen molar-refractivity contribution >= 4 is 0 Å².